The summed E-state index contributed by atoms with van der Waals surface area (Å²) < 4.78 is 43.3. The summed E-state index contributed by atoms with van der Waals surface area (Å²) >= 11 is 12.1. The van der Waals surface area contributed by atoms with Gasteiger partial charge in [0, 0.05) is 0 Å². The van der Waals surface area contributed by atoms with Gasteiger partial charge in [0.05, 0.1) is 25.3 Å². The van der Waals surface area contributed by atoms with Crippen LogP contribution in [0.1, 0.15) is 6.92 Å². The van der Waals surface area contributed by atoms with Gasteiger partial charge in [-0.05, 0) is 43.3 Å². The second-order valence-electron chi connectivity index (χ2n) is 5.40. The smallest absolute Gasteiger partial charge is 0.242 e. The third kappa shape index (κ3) is 4.94. The van der Waals surface area contributed by atoms with Crippen molar-refractivity contribution in [3.8, 4) is 17.2 Å². The van der Waals surface area contributed by atoms with Crippen LogP contribution in [0.3, 0.4) is 0 Å². The number of nitrogens with one attached hydrogen (secondary N) is 1. The van der Waals surface area contributed by atoms with Crippen molar-refractivity contribution in [1.82, 2.24) is 4.72 Å². The Balaban J connectivity index is 2.05. The molecule has 0 aliphatic heterocycles. The van der Waals surface area contributed by atoms with Crippen LogP contribution < -0.4 is 18.9 Å². The highest BCUT2D eigenvalue weighted by atomic mass is 35.5. The molecule has 1 N–H and O–H groups in total. The molecule has 0 saturated carbocycles. The van der Waals surface area contributed by atoms with E-state index in [0.29, 0.717) is 17.2 Å². The van der Waals surface area contributed by atoms with E-state index in [4.69, 9.17) is 37.4 Å². The number of halogens is 2. The van der Waals surface area contributed by atoms with Gasteiger partial charge in [-0.3, -0.25) is 0 Å². The zero-order chi connectivity index (χ0) is 19.3. The van der Waals surface area contributed by atoms with Gasteiger partial charge in [0.15, 0.2) is 0 Å². The molecule has 6 nitrogen and oxygen atoms in total. The average Bonchev–Trinajstić information content (AvgIpc) is 2.62. The summed E-state index contributed by atoms with van der Waals surface area (Å²) in [6.45, 7) is 1.81. The summed E-state index contributed by atoms with van der Waals surface area (Å²) in [5, 5.41) is -0.0547. The normalized spacial score (nSPS) is 12.5. The highest BCUT2D eigenvalue weighted by Crippen LogP contribution is 2.36. The molecule has 0 heterocycles. The molecule has 0 spiro atoms. The molecule has 1 unspecified atom stereocenters. The largest absolute Gasteiger partial charge is 0.497 e. The van der Waals surface area contributed by atoms with Gasteiger partial charge in [-0.15, -0.1) is 0 Å². The number of methoxy groups -OCH3 is 2. The summed E-state index contributed by atoms with van der Waals surface area (Å²) in [7, 11) is -0.883. The lowest BCUT2D eigenvalue weighted by atomic mass is 10.3. The molecular weight excluding hydrogens is 401 g/mol. The Morgan fingerprint density at radius 2 is 1.58 bits per heavy atom. The maximum Gasteiger partial charge on any atom is 0.242 e. The van der Waals surface area contributed by atoms with Gasteiger partial charge >= 0.3 is 0 Å². The SMILES string of the molecule is COc1ccc(OCC(C)NS(=O)(=O)c2ccc(OC)c(Cl)c2Cl)cc1. The Kier molecular flexibility index (Phi) is 7.00. The fourth-order valence-corrected chi connectivity index (χ4v) is 4.20. The lowest BCUT2D eigenvalue weighted by Gasteiger charge is -2.17. The first-order valence-corrected chi connectivity index (χ1v) is 9.83. The molecular formula is C17H19Cl2NO5S. The Labute approximate surface area is 163 Å². The summed E-state index contributed by atoms with van der Waals surface area (Å²) in [5.74, 6) is 1.60. The van der Waals surface area contributed by atoms with E-state index in [2.05, 4.69) is 4.72 Å². The number of rotatable bonds is 8. The average molecular weight is 420 g/mol. The Hall–Kier alpha value is -1.67. The van der Waals surface area contributed by atoms with E-state index in [9.17, 15) is 8.42 Å². The van der Waals surface area contributed by atoms with Crippen LogP contribution in [-0.4, -0.2) is 35.3 Å². The minimum atomic E-state index is -3.87. The van der Waals surface area contributed by atoms with E-state index in [1.807, 2.05) is 0 Å². The highest BCUT2D eigenvalue weighted by Gasteiger charge is 2.23. The second-order valence-corrected chi connectivity index (χ2v) is 7.84. The summed E-state index contributed by atoms with van der Waals surface area (Å²) in [6.07, 6.45) is 0. The van der Waals surface area contributed by atoms with Crippen molar-refractivity contribution in [3.63, 3.8) is 0 Å². The highest BCUT2D eigenvalue weighted by molar-refractivity contribution is 7.89. The molecule has 2 aromatic rings. The van der Waals surface area contributed by atoms with Crippen LogP contribution >= 0.6 is 23.2 Å². The first-order chi connectivity index (χ1) is 12.3. The molecule has 0 amide bonds. The van der Waals surface area contributed by atoms with E-state index in [0.717, 1.165) is 0 Å². The molecule has 0 bridgehead atoms. The molecule has 1 atom stereocenters. The van der Waals surface area contributed by atoms with Crippen molar-refractivity contribution < 1.29 is 22.6 Å². The van der Waals surface area contributed by atoms with Crippen molar-refractivity contribution >= 4 is 33.2 Å². The van der Waals surface area contributed by atoms with Crippen molar-refractivity contribution in [2.24, 2.45) is 0 Å². The standard InChI is InChI=1S/C17H19Cl2NO5S/c1-11(10-25-13-6-4-12(23-2)5-7-13)20-26(21,22)15-9-8-14(24-3)16(18)17(15)19/h4-9,11,20H,10H2,1-3H3. The van der Waals surface area contributed by atoms with Gasteiger partial charge < -0.3 is 14.2 Å². The molecule has 0 radical (unpaired) electrons. The molecule has 2 rings (SSSR count). The van der Waals surface area contributed by atoms with Gasteiger partial charge in [-0.1, -0.05) is 23.2 Å². The van der Waals surface area contributed by atoms with Crippen LogP contribution in [0.5, 0.6) is 17.2 Å². The Morgan fingerprint density at radius 3 is 2.15 bits per heavy atom. The molecule has 9 heteroatoms. The minimum Gasteiger partial charge on any atom is -0.497 e. The number of sulfonamides is 1. The summed E-state index contributed by atoms with van der Waals surface area (Å²) in [4.78, 5) is -0.124. The molecule has 0 aromatic heterocycles. The quantitative estimate of drug-likeness (QED) is 0.704. The van der Waals surface area contributed by atoms with E-state index >= 15 is 0 Å². The van der Waals surface area contributed by atoms with Gasteiger partial charge in [-0.25, -0.2) is 13.1 Å². The predicted molar refractivity (Wildman–Crippen MR) is 101 cm³/mol. The summed E-state index contributed by atoms with van der Waals surface area (Å²) in [6, 6.07) is 9.26. The summed E-state index contributed by atoms with van der Waals surface area (Å²) in [5.41, 5.74) is 0. The van der Waals surface area contributed by atoms with Crippen molar-refractivity contribution in [3.05, 3.63) is 46.4 Å². The third-order valence-electron chi connectivity index (χ3n) is 3.44. The van der Waals surface area contributed by atoms with Crippen LogP contribution in [0.4, 0.5) is 0 Å². The van der Waals surface area contributed by atoms with Gasteiger partial charge in [0.25, 0.3) is 0 Å². The van der Waals surface area contributed by atoms with Crippen LogP contribution in [0.2, 0.25) is 10.0 Å². The molecule has 0 aliphatic carbocycles. The van der Waals surface area contributed by atoms with Gasteiger partial charge in [0.2, 0.25) is 10.0 Å². The molecule has 142 valence electrons. The second kappa shape index (κ2) is 8.81. The molecule has 2 aromatic carbocycles. The van der Waals surface area contributed by atoms with Crippen LogP contribution in [0, 0.1) is 0 Å². The fourth-order valence-electron chi connectivity index (χ4n) is 2.13. The first kappa shape index (κ1) is 20.6. The van der Waals surface area contributed by atoms with Gasteiger partial charge in [-0.2, -0.15) is 0 Å². The predicted octanol–water partition coefficient (Wildman–Crippen LogP) is 3.76. The van der Waals surface area contributed by atoms with Crippen molar-refractivity contribution in [1.29, 1.82) is 0 Å². The fraction of sp³-hybridized carbons (Fsp3) is 0.294. The van der Waals surface area contributed by atoms with E-state index < -0.39 is 16.1 Å². The maximum atomic E-state index is 12.5. The molecule has 26 heavy (non-hydrogen) atoms. The van der Waals surface area contributed by atoms with Gasteiger partial charge in [0.1, 0.15) is 33.8 Å². The number of ether oxygens (including phenoxy) is 3. The molecule has 0 saturated heterocycles. The van der Waals surface area contributed by atoms with E-state index in [-0.39, 0.29) is 21.5 Å². The van der Waals surface area contributed by atoms with Crippen molar-refractivity contribution in [2.45, 2.75) is 17.9 Å². The van der Waals surface area contributed by atoms with Crippen LogP contribution in [-0.2, 0) is 10.0 Å². The first-order valence-electron chi connectivity index (χ1n) is 7.59. The Morgan fingerprint density at radius 1 is 0.962 bits per heavy atom. The van der Waals surface area contributed by atoms with E-state index in [1.165, 1.54) is 19.2 Å². The third-order valence-corrected chi connectivity index (χ3v) is 6.05. The van der Waals surface area contributed by atoms with Crippen LogP contribution in [0.15, 0.2) is 41.3 Å². The van der Waals surface area contributed by atoms with Crippen molar-refractivity contribution in [2.75, 3.05) is 20.8 Å². The molecule has 0 fully saturated rings. The van der Waals surface area contributed by atoms with E-state index in [1.54, 1.807) is 38.3 Å². The topological polar surface area (TPSA) is 73.9 Å². The zero-order valence-corrected chi connectivity index (χ0v) is 16.8. The lowest BCUT2D eigenvalue weighted by molar-refractivity contribution is 0.287. The maximum absolute atomic E-state index is 12.5. The number of benzene rings is 2. The zero-order valence-electron chi connectivity index (χ0n) is 14.5. The number of hydrogen-bond donors (Lipinski definition) is 1. The molecule has 0 aliphatic rings. The number of hydrogen-bond acceptors (Lipinski definition) is 5. The minimum absolute atomic E-state index is 0.0409. The lowest BCUT2D eigenvalue weighted by Crippen LogP contribution is -2.36. The van der Waals surface area contributed by atoms with Crippen LogP contribution in [0.25, 0.3) is 0 Å². The Bertz CT molecular complexity index is 856. The monoisotopic (exact) mass is 419 g/mol.